The summed E-state index contributed by atoms with van der Waals surface area (Å²) in [4.78, 5) is 10.3. The minimum absolute atomic E-state index is 0.00351. The van der Waals surface area contributed by atoms with Crippen LogP contribution in [0.5, 0.6) is 11.5 Å². The second-order valence-corrected chi connectivity index (χ2v) is 8.88. The van der Waals surface area contributed by atoms with Gasteiger partial charge < -0.3 is 5.11 Å². The van der Waals surface area contributed by atoms with E-state index in [0.29, 0.717) is 12.2 Å². The third-order valence-corrected chi connectivity index (χ3v) is 6.31. The zero-order chi connectivity index (χ0) is 21.1. The van der Waals surface area contributed by atoms with E-state index in [0.717, 1.165) is 12.8 Å². The maximum absolute atomic E-state index is 12.6. The fourth-order valence-electron chi connectivity index (χ4n) is 2.82. The molecule has 2 aromatic carbocycles. The highest BCUT2D eigenvalue weighted by atomic mass is 32.2. The van der Waals surface area contributed by atoms with Gasteiger partial charge in [0, 0.05) is 6.42 Å². The van der Waals surface area contributed by atoms with Crippen molar-refractivity contribution in [2.45, 2.75) is 68.1 Å². The van der Waals surface area contributed by atoms with Crippen LogP contribution >= 0.6 is 0 Å². The van der Waals surface area contributed by atoms with Crippen LogP contribution in [0.25, 0.3) is 0 Å². The van der Waals surface area contributed by atoms with Crippen molar-refractivity contribution in [2.75, 3.05) is 0 Å². The Morgan fingerprint density at radius 3 is 1.97 bits per heavy atom. The van der Waals surface area contributed by atoms with Gasteiger partial charge in [0.05, 0.1) is 9.79 Å². The van der Waals surface area contributed by atoms with Crippen molar-refractivity contribution in [1.29, 1.82) is 5.41 Å². The van der Waals surface area contributed by atoms with Gasteiger partial charge in [0.2, 0.25) is 15.7 Å². The smallest absolute Gasteiger partial charge is 0.238 e. The molecule has 0 aliphatic carbocycles. The number of hydrogen-bond acceptors (Lipinski definition) is 6. The minimum atomic E-state index is -3.68. The highest BCUT2D eigenvalue weighted by molar-refractivity contribution is 7.91. The van der Waals surface area contributed by atoms with E-state index in [1.165, 1.54) is 80.6 Å². The Morgan fingerprint density at radius 2 is 1.38 bits per heavy atom. The molecule has 29 heavy (non-hydrogen) atoms. The fourth-order valence-corrected chi connectivity index (χ4v) is 4.08. The molecule has 0 aliphatic rings. The van der Waals surface area contributed by atoms with Gasteiger partial charge >= 0.3 is 0 Å². The summed E-state index contributed by atoms with van der Waals surface area (Å²) in [7, 11) is -3.68. The molecule has 0 bridgehead atoms. The third-order valence-electron chi connectivity index (χ3n) is 4.53. The molecule has 6 nitrogen and oxygen atoms in total. The summed E-state index contributed by atoms with van der Waals surface area (Å²) in [6.07, 6.45) is 8.66. The van der Waals surface area contributed by atoms with Gasteiger partial charge in [-0.1, -0.05) is 45.4 Å². The van der Waals surface area contributed by atoms with Crippen LogP contribution in [0.4, 0.5) is 0 Å². The van der Waals surface area contributed by atoms with Crippen LogP contribution < -0.4 is 4.89 Å². The first-order valence-corrected chi connectivity index (χ1v) is 11.5. The Labute approximate surface area is 172 Å². The van der Waals surface area contributed by atoms with Gasteiger partial charge in [0.15, 0.2) is 5.75 Å². The van der Waals surface area contributed by atoms with Crippen molar-refractivity contribution in [3.8, 4) is 11.5 Å². The lowest BCUT2D eigenvalue weighted by Crippen LogP contribution is -2.07. The summed E-state index contributed by atoms with van der Waals surface area (Å²) in [5.74, 6) is 0.377. The van der Waals surface area contributed by atoms with Crippen molar-refractivity contribution in [3.05, 3.63) is 48.5 Å². The van der Waals surface area contributed by atoms with E-state index in [1.807, 2.05) is 0 Å². The first-order valence-electron chi connectivity index (χ1n) is 9.99. The molecule has 0 unspecified atom stereocenters. The topological polar surface area (TPSA) is 96.7 Å². The second-order valence-electron chi connectivity index (χ2n) is 6.93. The summed E-state index contributed by atoms with van der Waals surface area (Å²) in [5, 5.41) is 17.1. The lowest BCUT2D eigenvalue weighted by atomic mass is 10.1. The van der Waals surface area contributed by atoms with E-state index < -0.39 is 9.84 Å². The SMILES string of the molecule is CCCCCCCCCC(=N)OOc1ccc(S(=O)(=O)c2ccc(O)cc2)cc1. The summed E-state index contributed by atoms with van der Waals surface area (Å²) < 4.78 is 25.1. The lowest BCUT2D eigenvalue weighted by Gasteiger charge is -2.08. The highest BCUT2D eigenvalue weighted by Crippen LogP contribution is 2.24. The van der Waals surface area contributed by atoms with E-state index in [4.69, 9.17) is 15.2 Å². The van der Waals surface area contributed by atoms with Crippen LogP contribution in [-0.4, -0.2) is 19.4 Å². The number of unbranched alkanes of at least 4 members (excludes halogenated alkanes) is 6. The van der Waals surface area contributed by atoms with Gasteiger partial charge in [-0.25, -0.2) is 8.42 Å². The van der Waals surface area contributed by atoms with Crippen molar-refractivity contribution in [2.24, 2.45) is 0 Å². The second kappa shape index (κ2) is 11.5. The number of hydrogen-bond donors (Lipinski definition) is 2. The third kappa shape index (κ3) is 7.42. The van der Waals surface area contributed by atoms with Crippen LogP contribution in [0.3, 0.4) is 0 Å². The molecule has 0 spiro atoms. The highest BCUT2D eigenvalue weighted by Gasteiger charge is 2.17. The molecule has 7 heteroatoms. The molecule has 0 aliphatic heterocycles. The number of sulfone groups is 1. The normalized spacial score (nSPS) is 11.2. The monoisotopic (exact) mass is 419 g/mol. The lowest BCUT2D eigenvalue weighted by molar-refractivity contribution is -0.120. The van der Waals surface area contributed by atoms with Crippen molar-refractivity contribution >= 4 is 15.7 Å². The van der Waals surface area contributed by atoms with Crippen LogP contribution in [0.1, 0.15) is 58.3 Å². The molecule has 2 aromatic rings. The first kappa shape index (κ1) is 22.7. The predicted molar refractivity (Wildman–Crippen MR) is 112 cm³/mol. The van der Waals surface area contributed by atoms with Gasteiger partial charge in [0.1, 0.15) is 5.75 Å². The predicted octanol–water partition coefficient (Wildman–Crippen LogP) is 5.65. The number of aromatic hydroxyl groups is 1. The van der Waals surface area contributed by atoms with Gasteiger partial charge in [-0.2, -0.15) is 0 Å². The van der Waals surface area contributed by atoms with Crippen molar-refractivity contribution < 1.29 is 23.3 Å². The Hall–Kier alpha value is -2.54. The molecule has 0 atom stereocenters. The molecule has 2 rings (SSSR count). The Morgan fingerprint density at radius 1 is 0.862 bits per heavy atom. The summed E-state index contributed by atoms with van der Waals surface area (Å²) in [6.45, 7) is 2.20. The van der Waals surface area contributed by atoms with E-state index >= 15 is 0 Å². The van der Waals surface area contributed by atoms with Crippen molar-refractivity contribution in [3.63, 3.8) is 0 Å². The molecule has 0 saturated carbocycles. The number of nitrogens with one attached hydrogen (secondary N) is 1. The van der Waals surface area contributed by atoms with Gasteiger partial charge in [-0.05, 0) is 55.0 Å². The molecule has 2 N–H and O–H groups in total. The Balaban J connectivity index is 1.77. The molecule has 0 fully saturated rings. The molecular weight excluding hydrogens is 390 g/mol. The molecule has 0 aromatic heterocycles. The summed E-state index contributed by atoms with van der Waals surface area (Å²) in [6, 6.07) is 11.2. The molecule has 0 heterocycles. The zero-order valence-corrected chi connectivity index (χ0v) is 17.6. The van der Waals surface area contributed by atoms with Crippen LogP contribution in [0, 0.1) is 5.41 Å². The molecule has 0 radical (unpaired) electrons. The number of benzene rings is 2. The molecule has 158 valence electrons. The quantitative estimate of drug-likeness (QED) is 0.152. The molecular formula is C22H29NO5S. The fraction of sp³-hybridized carbons (Fsp3) is 0.409. The average molecular weight is 420 g/mol. The van der Waals surface area contributed by atoms with Crippen molar-refractivity contribution in [1.82, 2.24) is 0 Å². The number of phenolic OH excluding ortho intramolecular Hbond substituents is 1. The Bertz CT molecular complexity index is 861. The zero-order valence-electron chi connectivity index (χ0n) is 16.8. The first-order chi connectivity index (χ1) is 13.9. The van der Waals surface area contributed by atoms with Gasteiger partial charge in [-0.15, -0.1) is 0 Å². The summed E-state index contributed by atoms with van der Waals surface area (Å²) >= 11 is 0. The Kier molecular flexibility index (Phi) is 8.99. The maximum Gasteiger partial charge on any atom is 0.238 e. The van der Waals surface area contributed by atoms with Crippen LogP contribution in [0.15, 0.2) is 58.3 Å². The van der Waals surface area contributed by atoms with Crippen LogP contribution in [0.2, 0.25) is 0 Å². The standard InChI is InChI=1S/C22H29NO5S/c1-2-3-4-5-6-7-8-9-22(23)28-27-19-12-16-21(17-13-19)29(25,26)20-14-10-18(24)11-15-20/h10-17,23-24H,2-9H2,1H3. The number of rotatable bonds is 12. The van der Waals surface area contributed by atoms with E-state index in [-0.39, 0.29) is 21.4 Å². The van der Waals surface area contributed by atoms with Gasteiger partial charge in [0.25, 0.3) is 0 Å². The molecule has 0 amide bonds. The van der Waals surface area contributed by atoms with E-state index in [2.05, 4.69) is 6.92 Å². The minimum Gasteiger partial charge on any atom is -0.508 e. The van der Waals surface area contributed by atoms with Crippen LogP contribution in [-0.2, 0) is 14.7 Å². The average Bonchev–Trinajstić information content (AvgIpc) is 2.72. The van der Waals surface area contributed by atoms with E-state index in [9.17, 15) is 13.5 Å². The number of phenols is 1. The van der Waals surface area contributed by atoms with E-state index in [1.54, 1.807) is 0 Å². The largest absolute Gasteiger partial charge is 0.508 e. The van der Waals surface area contributed by atoms with Gasteiger partial charge in [-0.3, -0.25) is 15.2 Å². The molecule has 0 saturated heterocycles. The summed E-state index contributed by atoms with van der Waals surface area (Å²) in [5.41, 5.74) is 0. The maximum atomic E-state index is 12.6.